The lowest BCUT2D eigenvalue weighted by atomic mass is 10.1. The van der Waals surface area contributed by atoms with Gasteiger partial charge in [-0.3, -0.25) is 4.79 Å². The molecule has 0 bridgehead atoms. The lowest BCUT2D eigenvalue weighted by Gasteiger charge is -2.17. The van der Waals surface area contributed by atoms with Gasteiger partial charge in [0.2, 0.25) is 0 Å². The first-order chi connectivity index (χ1) is 9.93. The molecule has 21 heavy (non-hydrogen) atoms. The summed E-state index contributed by atoms with van der Waals surface area (Å²) in [7, 11) is 0. The Balaban J connectivity index is 2.40. The molecular formula is C13H12F3N3O2. The van der Waals surface area contributed by atoms with Gasteiger partial charge >= 0.3 is 6.18 Å². The van der Waals surface area contributed by atoms with Gasteiger partial charge in [-0.25, -0.2) is 0 Å². The van der Waals surface area contributed by atoms with Crippen LogP contribution in [0.25, 0.3) is 0 Å². The normalized spacial score (nSPS) is 11.2. The van der Waals surface area contributed by atoms with Crippen LogP contribution in [0.15, 0.2) is 35.1 Å². The van der Waals surface area contributed by atoms with Crippen LogP contribution in [-0.4, -0.2) is 17.6 Å². The van der Waals surface area contributed by atoms with E-state index in [1.165, 1.54) is 24.5 Å². The number of hydrogen-bond donors (Lipinski definition) is 2. The minimum Gasteiger partial charge on any atom is -0.384 e. The van der Waals surface area contributed by atoms with Gasteiger partial charge in [-0.05, 0) is 19.1 Å². The Kier molecular flexibility index (Phi) is 4.15. The third-order valence-electron chi connectivity index (χ3n) is 2.65. The Bertz CT molecular complexity index is 624. The third-order valence-corrected chi connectivity index (χ3v) is 2.65. The molecule has 2 aromatic rings. The van der Waals surface area contributed by atoms with Gasteiger partial charge < -0.3 is 15.2 Å². The van der Waals surface area contributed by atoms with Crippen LogP contribution in [0.4, 0.5) is 24.7 Å². The van der Waals surface area contributed by atoms with E-state index in [-0.39, 0.29) is 23.6 Å². The predicted octanol–water partition coefficient (Wildman–Crippen LogP) is 3.38. The summed E-state index contributed by atoms with van der Waals surface area (Å²) in [6.45, 7) is 1.89. The summed E-state index contributed by atoms with van der Waals surface area (Å²) in [5, 5.41) is 8.43. The number of rotatable bonds is 4. The van der Waals surface area contributed by atoms with Gasteiger partial charge in [-0.2, -0.15) is 13.2 Å². The van der Waals surface area contributed by atoms with Crippen LogP contribution in [0.1, 0.15) is 22.8 Å². The number of benzene rings is 1. The quantitative estimate of drug-likeness (QED) is 0.908. The van der Waals surface area contributed by atoms with E-state index >= 15 is 0 Å². The summed E-state index contributed by atoms with van der Waals surface area (Å²) in [4.78, 5) is 12.1. The van der Waals surface area contributed by atoms with Crippen molar-refractivity contribution in [1.29, 1.82) is 0 Å². The van der Waals surface area contributed by atoms with E-state index in [2.05, 4.69) is 20.3 Å². The number of hydrogen-bond acceptors (Lipinski definition) is 4. The summed E-state index contributed by atoms with van der Waals surface area (Å²) < 4.78 is 43.5. The summed E-state index contributed by atoms with van der Waals surface area (Å²) in [6.07, 6.45) is -3.31. The second-order valence-electron chi connectivity index (χ2n) is 4.10. The van der Waals surface area contributed by atoms with E-state index in [0.29, 0.717) is 0 Å². The highest BCUT2D eigenvalue weighted by Gasteiger charge is 2.35. The fraction of sp³-hybridized carbons (Fsp3) is 0.231. The highest BCUT2D eigenvalue weighted by molar-refractivity contribution is 6.08. The molecular weight excluding hydrogens is 287 g/mol. The summed E-state index contributed by atoms with van der Waals surface area (Å²) in [6, 6.07) is 4.80. The molecule has 8 heteroatoms. The van der Waals surface area contributed by atoms with E-state index in [1.54, 1.807) is 6.92 Å². The van der Waals surface area contributed by atoms with Gasteiger partial charge in [0, 0.05) is 12.6 Å². The van der Waals surface area contributed by atoms with Crippen LogP contribution in [-0.2, 0) is 6.18 Å². The lowest BCUT2D eigenvalue weighted by Crippen LogP contribution is -2.18. The Morgan fingerprint density at radius 3 is 2.67 bits per heavy atom. The molecule has 1 heterocycles. The van der Waals surface area contributed by atoms with E-state index in [4.69, 9.17) is 0 Å². The van der Waals surface area contributed by atoms with Crippen molar-refractivity contribution in [3.63, 3.8) is 0 Å². The first-order valence-corrected chi connectivity index (χ1v) is 6.09. The molecule has 0 aliphatic rings. The molecule has 2 N–H and O–H groups in total. The maximum absolute atomic E-state index is 13.0. The highest BCUT2D eigenvalue weighted by atomic mass is 19.4. The average Bonchev–Trinajstić information content (AvgIpc) is 2.90. The molecule has 0 spiro atoms. The van der Waals surface area contributed by atoms with Crippen LogP contribution >= 0.6 is 0 Å². The summed E-state index contributed by atoms with van der Waals surface area (Å²) in [5.74, 6) is -0.578. The number of alkyl halides is 3. The number of amides is 1. The molecule has 0 atom stereocenters. The maximum Gasteiger partial charge on any atom is 0.418 e. The zero-order valence-electron chi connectivity index (χ0n) is 11.0. The van der Waals surface area contributed by atoms with Crippen molar-refractivity contribution in [1.82, 2.24) is 5.16 Å². The molecule has 112 valence electrons. The number of aromatic nitrogens is 1. The van der Waals surface area contributed by atoms with Crippen LogP contribution in [0.5, 0.6) is 0 Å². The zero-order chi connectivity index (χ0) is 15.5. The number of para-hydroxylation sites is 1. The number of carbonyl (C=O) groups is 1. The van der Waals surface area contributed by atoms with Crippen molar-refractivity contribution >= 4 is 17.4 Å². The number of carbonyl (C=O) groups excluding carboxylic acids is 1. The second-order valence-corrected chi connectivity index (χ2v) is 4.10. The van der Waals surface area contributed by atoms with Crippen LogP contribution < -0.4 is 10.6 Å². The first-order valence-electron chi connectivity index (χ1n) is 6.09. The molecule has 1 aromatic carbocycles. The van der Waals surface area contributed by atoms with Crippen LogP contribution in [0.3, 0.4) is 0 Å². The zero-order valence-corrected chi connectivity index (χ0v) is 11.0. The number of anilines is 2. The van der Waals surface area contributed by atoms with E-state index < -0.39 is 17.6 Å². The Hall–Kier alpha value is -2.51. The van der Waals surface area contributed by atoms with Crippen molar-refractivity contribution in [3.8, 4) is 0 Å². The number of halogens is 3. The topological polar surface area (TPSA) is 67.2 Å². The molecule has 0 fully saturated rings. The SMILES string of the molecule is CCNc1c(C(=O)Nc2ccon2)cccc1C(F)(F)F. The maximum atomic E-state index is 13.0. The molecule has 0 radical (unpaired) electrons. The standard InChI is InChI=1S/C13H12F3N3O2/c1-2-17-11-8(4-3-5-9(11)13(14,15)16)12(20)18-10-6-7-21-19-10/h3-7,17H,2H2,1H3,(H,18,19,20). The fourth-order valence-corrected chi connectivity index (χ4v) is 1.81. The van der Waals surface area contributed by atoms with E-state index in [9.17, 15) is 18.0 Å². The molecule has 5 nitrogen and oxygen atoms in total. The van der Waals surface area contributed by atoms with E-state index in [0.717, 1.165) is 6.07 Å². The molecule has 0 aliphatic heterocycles. The Morgan fingerprint density at radius 2 is 2.10 bits per heavy atom. The largest absolute Gasteiger partial charge is 0.418 e. The molecule has 1 aromatic heterocycles. The van der Waals surface area contributed by atoms with Crippen molar-refractivity contribution in [3.05, 3.63) is 41.7 Å². The van der Waals surface area contributed by atoms with Crippen LogP contribution in [0.2, 0.25) is 0 Å². The Morgan fingerprint density at radius 1 is 1.33 bits per heavy atom. The van der Waals surface area contributed by atoms with Crippen molar-refractivity contribution in [2.75, 3.05) is 17.2 Å². The average molecular weight is 299 g/mol. The molecule has 0 aliphatic carbocycles. The van der Waals surface area contributed by atoms with Gasteiger partial charge in [0.25, 0.3) is 5.91 Å². The molecule has 2 rings (SSSR count). The van der Waals surface area contributed by atoms with Gasteiger partial charge in [0.1, 0.15) is 6.26 Å². The minimum absolute atomic E-state index is 0.116. The van der Waals surface area contributed by atoms with Gasteiger partial charge in [0.05, 0.1) is 16.8 Å². The summed E-state index contributed by atoms with van der Waals surface area (Å²) >= 11 is 0. The second kappa shape index (κ2) is 5.86. The lowest BCUT2D eigenvalue weighted by molar-refractivity contribution is -0.136. The smallest absolute Gasteiger partial charge is 0.384 e. The Labute approximate surface area is 118 Å². The van der Waals surface area contributed by atoms with Gasteiger partial charge in [-0.15, -0.1) is 0 Å². The van der Waals surface area contributed by atoms with Gasteiger partial charge in [0.15, 0.2) is 5.82 Å². The van der Waals surface area contributed by atoms with Crippen LogP contribution in [0, 0.1) is 0 Å². The number of nitrogens with one attached hydrogen (secondary N) is 2. The van der Waals surface area contributed by atoms with Gasteiger partial charge in [-0.1, -0.05) is 11.2 Å². The molecule has 0 saturated carbocycles. The minimum atomic E-state index is -4.55. The van der Waals surface area contributed by atoms with Crippen molar-refractivity contribution in [2.45, 2.75) is 13.1 Å². The fourth-order valence-electron chi connectivity index (χ4n) is 1.81. The molecule has 0 unspecified atom stereocenters. The molecule has 1 amide bonds. The first kappa shape index (κ1) is 14.9. The van der Waals surface area contributed by atoms with Crippen molar-refractivity contribution in [2.24, 2.45) is 0 Å². The van der Waals surface area contributed by atoms with E-state index in [1.807, 2.05) is 0 Å². The third kappa shape index (κ3) is 3.33. The number of nitrogens with zero attached hydrogens (tertiary/aromatic N) is 1. The van der Waals surface area contributed by atoms with Crippen molar-refractivity contribution < 1.29 is 22.5 Å². The summed E-state index contributed by atoms with van der Waals surface area (Å²) in [5.41, 5.74) is -1.26. The molecule has 0 saturated heterocycles. The predicted molar refractivity (Wildman–Crippen MR) is 70.1 cm³/mol. The highest BCUT2D eigenvalue weighted by Crippen LogP contribution is 2.36. The monoisotopic (exact) mass is 299 g/mol.